The number of hydrogen-bond acceptors (Lipinski definition) is 6. The third-order valence-electron chi connectivity index (χ3n) is 3.94. The van der Waals surface area contributed by atoms with Crippen molar-refractivity contribution in [1.82, 2.24) is 14.5 Å². The average Bonchev–Trinajstić information content (AvgIpc) is 2.65. The van der Waals surface area contributed by atoms with Gasteiger partial charge in [0, 0.05) is 25.0 Å². The predicted octanol–water partition coefficient (Wildman–Crippen LogP) is -0.126. The van der Waals surface area contributed by atoms with E-state index in [1.807, 2.05) is 24.0 Å². The van der Waals surface area contributed by atoms with Crippen LogP contribution in [-0.2, 0) is 25.7 Å². The first-order chi connectivity index (χ1) is 13.7. The van der Waals surface area contributed by atoms with Crippen LogP contribution in [-0.4, -0.2) is 51.9 Å². The van der Waals surface area contributed by atoms with Gasteiger partial charge in [-0.3, -0.25) is 28.7 Å². The summed E-state index contributed by atoms with van der Waals surface area (Å²) >= 11 is 0. The highest BCUT2D eigenvalue weighted by molar-refractivity contribution is 5.95. The lowest BCUT2D eigenvalue weighted by atomic mass is 10.2. The van der Waals surface area contributed by atoms with Crippen LogP contribution >= 0.6 is 0 Å². The van der Waals surface area contributed by atoms with E-state index < -0.39 is 41.7 Å². The van der Waals surface area contributed by atoms with E-state index in [4.69, 9.17) is 4.74 Å². The van der Waals surface area contributed by atoms with Crippen molar-refractivity contribution in [3.05, 3.63) is 62.9 Å². The minimum Gasteiger partial charge on any atom is -0.451 e. The molecule has 2 aromatic rings. The van der Waals surface area contributed by atoms with E-state index in [1.54, 1.807) is 12.1 Å². The van der Waals surface area contributed by atoms with Gasteiger partial charge in [0.15, 0.2) is 6.10 Å². The highest BCUT2D eigenvalue weighted by Crippen LogP contribution is 2.08. The molecule has 2 N–H and O–H groups in total. The van der Waals surface area contributed by atoms with E-state index in [9.17, 15) is 24.0 Å². The number of nitrogens with zero attached hydrogens (tertiary/aromatic N) is 2. The van der Waals surface area contributed by atoms with E-state index in [-0.39, 0.29) is 6.54 Å². The Morgan fingerprint density at radius 1 is 1.17 bits per heavy atom. The molecular formula is C19H22N4O6. The zero-order chi connectivity index (χ0) is 21.6. The van der Waals surface area contributed by atoms with Gasteiger partial charge in [0.05, 0.1) is 6.54 Å². The lowest BCUT2D eigenvalue weighted by Gasteiger charge is -2.21. The maximum absolute atomic E-state index is 12.3. The smallest absolute Gasteiger partial charge is 0.328 e. The molecule has 154 valence electrons. The fourth-order valence-electron chi connectivity index (χ4n) is 2.43. The van der Waals surface area contributed by atoms with Gasteiger partial charge in [-0.15, -0.1) is 0 Å². The second-order valence-corrected chi connectivity index (χ2v) is 6.48. The monoisotopic (exact) mass is 402 g/mol. The maximum Gasteiger partial charge on any atom is 0.328 e. The third-order valence-corrected chi connectivity index (χ3v) is 3.94. The van der Waals surface area contributed by atoms with Crippen LogP contribution in [0.3, 0.4) is 0 Å². The zero-order valence-electron chi connectivity index (χ0n) is 16.3. The molecule has 0 saturated heterocycles. The lowest BCUT2D eigenvalue weighted by Crippen LogP contribution is -2.42. The number of aryl methyl sites for hydroxylation is 1. The Hall–Kier alpha value is -3.69. The molecule has 0 saturated carbocycles. The molecular weight excluding hydrogens is 380 g/mol. The van der Waals surface area contributed by atoms with Crippen molar-refractivity contribution < 1.29 is 19.1 Å². The number of hydrogen-bond donors (Lipinski definition) is 2. The van der Waals surface area contributed by atoms with Crippen LogP contribution in [0.4, 0.5) is 5.69 Å². The van der Waals surface area contributed by atoms with E-state index >= 15 is 0 Å². The number of carbonyl (C=O) groups is 3. The number of H-pyrrole nitrogens is 1. The van der Waals surface area contributed by atoms with Crippen molar-refractivity contribution in [2.24, 2.45) is 0 Å². The second kappa shape index (κ2) is 9.49. The number of likely N-dealkylation sites (N-methyl/N-ethyl adjacent to an activating group) is 1. The fourth-order valence-corrected chi connectivity index (χ4v) is 2.43. The first-order valence-electron chi connectivity index (χ1n) is 8.76. The highest BCUT2D eigenvalue weighted by Gasteiger charge is 2.23. The van der Waals surface area contributed by atoms with E-state index in [0.717, 1.165) is 27.3 Å². The molecule has 0 aliphatic heterocycles. The summed E-state index contributed by atoms with van der Waals surface area (Å²) in [6.45, 7) is 2.59. The van der Waals surface area contributed by atoms with Gasteiger partial charge in [0.2, 0.25) is 5.91 Å². The summed E-state index contributed by atoms with van der Waals surface area (Å²) in [4.78, 5) is 62.1. The molecule has 0 radical (unpaired) electrons. The van der Waals surface area contributed by atoms with Crippen LogP contribution in [0.25, 0.3) is 0 Å². The Balaban J connectivity index is 1.86. The largest absolute Gasteiger partial charge is 0.451 e. The summed E-state index contributed by atoms with van der Waals surface area (Å²) in [5, 5.41) is 2.67. The average molecular weight is 402 g/mol. The second-order valence-electron chi connectivity index (χ2n) is 6.48. The predicted molar refractivity (Wildman–Crippen MR) is 104 cm³/mol. The Bertz CT molecular complexity index is 1010. The molecule has 10 heteroatoms. The molecule has 1 atom stereocenters. The number of esters is 1. The minimum absolute atomic E-state index is 0.228. The molecule has 29 heavy (non-hydrogen) atoms. The number of aromatic amines is 1. The van der Waals surface area contributed by atoms with Gasteiger partial charge in [0.25, 0.3) is 11.5 Å². The standard InChI is InChI=1S/C19H22N4O6/c1-12-4-6-14(7-5-12)20-16(25)10-22(3)18(27)13(2)29-17(26)11-23-9-8-15(24)21-19(23)28/h4-9,13H,10-11H2,1-3H3,(H,20,25)(H,21,24,28)/t13-/m1/s1. The molecule has 10 nitrogen and oxygen atoms in total. The quantitative estimate of drug-likeness (QED) is 0.621. The number of ether oxygens (including phenoxy) is 1. The van der Waals surface area contributed by atoms with Crippen LogP contribution in [0.5, 0.6) is 0 Å². The van der Waals surface area contributed by atoms with Gasteiger partial charge in [-0.05, 0) is 26.0 Å². The van der Waals surface area contributed by atoms with Gasteiger partial charge in [0.1, 0.15) is 6.54 Å². The fraction of sp³-hybridized carbons (Fsp3) is 0.316. The topological polar surface area (TPSA) is 131 Å². The third kappa shape index (κ3) is 6.45. The molecule has 0 bridgehead atoms. The molecule has 0 unspecified atom stereocenters. The van der Waals surface area contributed by atoms with Crippen molar-refractivity contribution >= 4 is 23.5 Å². The van der Waals surface area contributed by atoms with Crippen molar-refractivity contribution in [1.29, 1.82) is 0 Å². The maximum atomic E-state index is 12.3. The summed E-state index contributed by atoms with van der Waals surface area (Å²) < 4.78 is 5.97. The minimum atomic E-state index is -1.15. The number of carbonyl (C=O) groups excluding carboxylic acids is 3. The van der Waals surface area contributed by atoms with Crippen LogP contribution in [0.1, 0.15) is 12.5 Å². The van der Waals surface area contributed by atoms with Gasteiger partial charge >= 0.3 is 11.7 Å². The van der Waals surface area contributed by atoms with Crippen molar-refractivity contribution in [3.8, 4) is 0 Å². The lowest BCUT2D eigenvalue weighted by molar-refractivity contribution is -0.159. The van der Waals surface area contributed by atoms with Crippen LogP contribution < -0.4 is 16.6 Å². The molecule has 1 aromatic carbocycles. The summed E-state index contributed by atoms with van der Waals surface area (Å²) in [7, 11) is 1.41. The Kier molecular flexibility index (Phi) is 7.07. The van der Waals surface area contributed by atoms with Crippen LogP contribution in [0.2, 0.25) is 0 Å². The SMILES string of the molecule is Cc1ccc(NC(=O)CN(C)C(=O)[C@@H](C)OC(=O)Cn2ccc(=O)[nH]c2=O)cc1. The zero-order valence-corrected chi connectivity index (χ0v) is 16.3. The van der Waals surface area contributed by atoms with E-state index in [0.29, 0.717) is 5.69 Å². The molecule has 0 spiro atoms. The van der Waals surface area contributed by atoms with Crippen molar-refractivity contribution in [2.45, 2.75) is 26.5 Å². The molecule has 2 rings (SSSR count). The number of anilines is 1. The van der Waals surface area contributed by atoms with Gasteiger partial charge < -0.3 is 15.0 Å². The highest BCUT2D eigenvalue weighted by atomic mass is 16.5. The number of aromatic nitrogens is 2. The molecule has 0 fully saturated rings. The number of nitrogens with one attached hydrogen (secondary N) is 2. The molecule has 0 aliphatic rings. The summed E-state index contributed by atoms with van der Waals surface area (Å²) in [6.07, 6.45) is -0.00524. The summed E-state index contributed by atoms with van der Waals surface area (Å²) in [6, 6.07) is 8.28. The molecule has 0 aliphatic carbocycles. The summed E-state index contributed by atoms with van der Waals surface area (Å²) in [5.74, 6) is -1.81. The number of amides is 2. The van der Waals surface area contributed by atoms with Crippen LogP contribution in [0, 0.1) is 6.92 Å². The number of benzene rings is 1. The number of rotatable bonds is 7. The molecule has 1 heterocycles. The summed E-state index contributed by atoms with van der Waals surface area (Å²) in [5.41, 5.74) is 0.300. The normalized spacial score (nSPS) is 11.4. The van der Waals surface area contributed by atoms with E-state index in [2.05, 4.69) is 5.32 Å². The van der Waals surface area contributed by atoms with Crippen LogP contribution in [0.15, 0.2) is 46.1 Å². The first kappa shape index (κ1) is 21.6. The van der Waals surface area contributed by atoms with Gasteiger partial charge in [-0.2, -0.15) is 0 Å². The van der Waals surface area contributed by atoms with E-state index in [1.165, 1.54) is 14.0 Å². The Morgan fingerprint density at radius 3 is 2.45 bits per heavy atom. The van der Waals surface area contributed by atoms with Gasteiger partial charge in [-0.25, -0.2) is 4.79 Å². The molecule has 2 amide bonds. The molecule has 1 aromatic heterocycles. The van der Waals surface area contributed by atoms with Gasteiger partial charge in [-0.1, -0.05) is 17.7 Å². The Labute approximate surface area is 166 Å². The first-order valence-corrected chi connectivity index (χ1v) is 8.76. The van der Waals surface area contributed by atoms with Crippen molar-refractivity contribution in [3.63, 3.8) is 0 Å². The van der Waals surface area contributed by atoms with Crippen molar-refractivity contribution in [2.75, 3.05) is 18.9 Å². The Morgan fingerprint density at radius 2 is 1.83 bits per heavy atom.